The van der Waals surface area contributed by atoms with Crippen LogP contribution in [0.15, 0.2) is 41.5 Å². The zero-order valence-corrected chi connectivity index (χ0v) is 18.1. The second-order valence-electron chi connectivity index (χ2n) is 7.31. The van der Waals surface area contributed by atoms with Gasteiger partial charge in [-0.2, -0.15) is 10.2 Å². The SMILES string of the molecule is CN=C(NCc1ccn(-c2ccc(OC)cc2)n1)NC1CCc2nc(COC)nn2C1. The number of aromatic nitrogens is 5. The van der Waals surface area contributed by atoms with E-state index >= 15 is 0 Å². The highest BCUT2D eigenvalue weighted by Gasteiger charge is 2.22. The molecule has 0 spiro atoms. The summed E-state index contributed by atoms with van der Waals surface area (Å²) in [6.45, 7) is 1.76. The first-order valence-corrected chi connectivity index (χ1v) is 10.3. The van der Waals surface area contributed by atoms with E-state index in [0.29, 0.717) is 13.2 Å². The van der Waals surface area contributed by atoms with Crippen molar-refractivity contribution >= 4 is 5.96 Å². The van der Waals surface area contributed by atoms with Gasteiger partial charge in [-0.3, -0.25) is 4.99 Å². The maximum absolute atomic E-state index is 5.21. The largest absolute Gasteiger partial charge is 0.497 e. The van der Waals surface area contributed by atoms with Crippen LogP contribution in [-0.4, -0.2) is 57.8 Å². The summed E-state index contributed by atoms with van der Waals surface area (Å²) >= 11 is 0. The smallest absolute Gasteiger partial charge is 0.191 e. The molecule has 10 nitrogen and oxygen atoms in total. The lowest BCUT2D eigenvalue weighted by Gasteiger charge is -2.25. The topological polar surface area (TPSA) is 103 Å². The lowest BCUT2D eigenvalue weighted by Crippen LogP contribution is -2.46. The van der Waals surface area contributed by atoms with Gasteiger partial charge in [0.25, 0.3) is 0 Å². The van der Waals surface area contributed by atoms with E-state index in [-0.39, 0.29) is 6.04 Å². The van der Waals surface area contributed by atoms with Crippen LogP contribution in [0.1, 0.15) is 23.8 Å². The average Bonchev–Trinajstić information content (AvgIpc) is 3.43. The predicted molar refractivity (Wildman–Crippen MR) is 116 cm³/mol. The van der Waals surface area contributed by atoms with E-state index in [9.17, 15) is 0 Å². The number of aryl methyl sites for hydroxylation is 1. The first-order chi connectivity index (χ1) is 15.2. The van der Waals surface area contributed by atoms with Crippen LogP contribution in [-0.2, 0) is 30.9 Å². The molecule has 0 radical (unpaired) electrons. The second kappa shape index (κ2) is 9.61. The fourth-order valence-electron chi connectivity index (χ4n) is 3.57. The number of guanidine groups is 1. The molecule has 0 saturated heterocycles. The number of aliphatic imine (C=N–C) groups is 1. The molecule has 0 amide bonds. The van der Waals surface area contributed by atoms with E-state index in [1.165, 1.54) is 0 Å². The van der Waals surface area contributed by atoms with Crippen molar-refractivity contribution < 1.29 is 9.47 Å². The van der Waals surface area contributed by atoms with Gasteiger partial charge in [-0.15, -0.1) is 0 Å². The first kappa shape index (κ1) is 20.9. The molecule has 164 valence electrons. The van der Waals surface area contributed by atoms with E-state index in [1.54, 1.807) is 21.3 Å². The molecule has 0 bridgehead atoms. The number of fused-ring (bicyclic) bond motifs is 1. The van der Waals surface area contributed by atoms with Crippen LogP contribution in [0.2, 0.25) is 0 Å². The van der Waals surface area contributed by atoms with Crippen LogP contribution in [0.5, 0.6) is 5.75 Å². The summed E-state index contributed by atoms with van der Waals surface area (Å²) < 4.78 is 14.1. The lowest BCUT2D eigenvalue weighted by atomic mass is 10.1. The number of hydrogen-bond acceptors (Lipinski definition) is 6. The molecule has 4 rings (SSSR count). The number of rotatable bonds is 7. The van der Waals surface area contributed by atoms with Gasteiger partial charge in [0.05, 0.1) is 31.6 Å². The van der Waals surface area contributed by atoms with E-state index in [4.69, 9.17) is 9.47 Å². The van der Waals surface area contributed by atoms with E-state index in [2.05, 4.69) is 30.8 Å². The van der Waals surface area contributed by atoms with Gasteiger partial charge >= 0.3 is 0 Å². The van der Waals surface area contributed by atoms with Crippen molar-refractivity contribution in [3.63, 3.8) is 0 Å². The third kappa shape index (κ3) is 5.02. The van der Waals surface area contributed by atoms with Crippen molar-refractivity contribution in [3.8, 4) is 11.4 Å². The molecule has 2 aromatic heterocycles. The maximum Gasteiger partial charge on any atom is 0.191 e. The Bertz CT molecular complexity index is 1020. The number of nitrogens with one attached hydrogen (secondary N) is 2. The number of methoxy groups -OCH3 is 2. The Morgan fingerprint density at radius 1 is 1.19 bits per heavy atom. The molecule has 2 N–H and O–H groups in total. The zero-order chi connectivity index (χ0) is 21.6. The van der Waals surface area contributed by atoms with Gasteiger partial charge in [0.1, 0.15) is 18.2 Å². The minimum atomic E-state index is 0.229. The molecule has 1 aromatic carbocycles. The van der Waals surface area contributed by atoms with Crippen molar-refractivity contribution in [1.82, 2.24) is 35.2 Å². The number of benzene rings is 1. The second-order valence-corrected chi connectivity index (χ2v) is 7.31. The summed E-state index contributed by atoms with van der Waals surface area (Å²) in [7, 11) is 5.08. The molecule has 1 atom stereocenters. The molecule has 31 heavy (non-hydrogen) atoms. The van der Waals surface area contributed by atoms with Crippen LogP contribution >= 0.6 is 0 Å². The molecule has 1 unspecified atom stereocenters. The van der Waals surface area contributed by atoms with Gasteiger partial charge < -0.3 is 20.1 Å². The maximum atomic E-state index is 5.21. The Labute approximate surface area is 181 Å². The molecule has 10 heteroatoms. The van der Waals surface area contributed by atoms with Gasteiger partial charge in [0.2, 0.25) is 0 Å². The molecular formula is C21H28N8O2. The molecule has 3 heterocycles. The summed E-state index contributed by atoms with van der Waals surface area (Å²) in [6.07, 6.45) is 3.79. The van der Waals surface area contributed by atoms with Crippen molar-refractivity contribution in [2.45, 2.75) is 38.6 Å². The number of ether oxygens (including phenoxy) is 2. The summed E-state index contributed by atoms with van der Waals surface area (Å²) in [5.74, 6) is 3.30. The van der Waals surface area contributed by atoms with Crippen molar-refractivity contribution in [2.24, 2.45) is 4.99 Å². The molecule has 0 aliphatic carbocycles. The van der Waals surface area contributed by atoms with E-state index in [0.717, 1.165) is 54.1 Å². The molecule has 3 aromatic rings. The molecule has 1 aliphatic rings. The Balaban J connectivity index is 1.31. The highest BCUT2D eigenvalue weighted by Crippen LogP contribution is 2.15. The summed E-state index contributed by atoms with van der Waals surface area (Å²) in [6, 6.07) is 10.0. The van der Waals surface area contributed by atoms with Gasteiger partial charge in [-0.1, -0.05) is 0 Å². The summed E-state index contributed by atoms with van der Waals surface area (Å²) in [4.78, 5) is 8.88. The molecule has 1 aliphatic heterocycles. The fourth-order valence-corrected chi connectivity index (χ4v) is 3.57. The Kier molecular flexibility index (Phi) is 6.46. The Hall–Kier alpha value is -3.40. The first-order valence-electron chi connectivity index (χ1n) is 10.3. The monoisotopic (exact) mass is 424 g/mol. The van der Waals surface area contributed by atoms with Crippen molar-refractivity contribution in [3.05, 3.63) is 53.9 Å². The third-order valence-electron chi connectivity index (χ3n) is 5.16. The minimum absolute atomic E-state index is 0.229. The Morgan fingerprint density at radius 3 is 2.77 bits per heavy atom. The Morgan fingerprint density at radius 2 is 2.03 bits per heavy atom. The highest BCUT2D eigenvalue weighted by atomic mass is 16.5. The predicted octanol–water partition coefficient (Wildman–Crippen LogP) is 1.30. The summed E-state index contributed by atoms with van der Waals surface area (Å²) in [5.41, 5.74) is 1.90. The van der Waals surface area contributed by atoms with Crippen LogP contribution in [0.3, 0.4) is 0 Å². The van der Waals surface area contributed by atoms with Crippen LogP contribution in [0.4, 0.5) is 0 Å². The normalized spacial score (nSPS) is 16.1. The lowest BCUT2D eigenvalue weighted by molar-refractivity contribution is 0.177. The van der Waals surface area contributed by atoms with E-state index in [1.807, 2.05) is 45.9 Å². The number of hydrogen-bond donors (Lipinski definition) is 2. The zero-order valence-electron chi connectivity index (χ0n) is 18.1. The van der Waals surface area contributed by atoms with Crippen molar-refractivity contribution in [1.29, 1.82) is 0 Å². The van der Waals surface area contributed by atoms with Crippen LogP contribution in [0, 0.1) is 0 Å². The minimum Gasteiger partial charge on any atom is -0.497 e. The van der Waals surface area contributed by atoms with Gasteiger partial charge in [0, 0.05) is 32.8 Å². The quantitative estimate of drug-likeness (QED) is 0.435. The average molecular weight is 425 g/mol. The van der Waals surface area contributed by atoms with Crippen LogP contribution < -0.4 is 15.4 Å². The number of nitrogens with zero attached hydrogens (tertiary/aromatic N) is 6. The van der Waals surface area contributed by atoms with Crippen LogP contribution in [0.25, 0.3) is 5.69 Å². The van der Waals surface area contributed by atoms with Crippen molar-refractivity contribution in [2.75, 3.05) is 21.3 Å². The highest BCUT2D eigenvalue weighted by molar-refractivity contribution is 5.79. The van der Waals surface area contributed by atoms with Gasteiger partial charge in [0.15, 0.2) is 11.8 Å². The fraction of sp³-hybridized carbons (Fsp3) is 0.429. The molecular weight excluding hydrogens is 396 g/mol. The van der Waals surface area contributed by atoms with E-state index < -0.39 is 0 Å². The summed E-state index contributed by atoms with van der Waals surface area (Å²) in [5, 5.41) is 16.0. The van der Waals surface area contributed by atoms with Gasteiger partial charge in [-0.05, 0) is 36.8 Å². The molecule has 0 fully saturated rings. The standard InChI is InChI=1S/C21H28N8O2/c1-22-21(24-16-4-9-20-25-19(14-30-2)27-29(20)13-16)23-12-15-10-11-28(26-15)17-5-7-18(31-3)8-6-17/h5-8,10-11,16H,4,9,12-14H2,1-3H3,(H2,22,23,24). The third-order valence-corrected chi connectivity index (χ3v) is 5.16. The molecule has 0 saturated carbocycles. The van der Waals surface area contributed by atoms with Gasteiger partial charge in [-0.25, -0.2) is 14.3 Å².